The van der Waals surface area contributed by atoms with Crippen LogP contribution in [0.1, 0.15) is 6.42 Å². The lowest BCUT2D eigenvalue weighted by atomic mass is 10.1. The molecular formula is C9H15N3O3. The van der Waals surface area contributed by atoms with Crippen molar-refractivity contribution in [2.24, 2.45) is 5.92 Å². The van der Waals surface area contributed by atoms with E-state index < -0.39 is 0 Å². The average Bonchev–Trinajstić information content (AvgIpc) is 2.60. The van der Waals surface area contributed by atoms with Gasteiger partial charge in [-0.15, -0.1) is 0 Å². The largest absolute Gasteiger partial charge is 0.355 e. The second-order valence-electron chi connectivity index (χ2n) is 3.71. The summed E-state index contributed by atoms with van der Waals surface area (Å²) < 4.78 is 0. The lowest BCUT2D eigenvalue weighted by Gasteiger charge is -2.12. The van der Waals surface area contributed by atoms with E-state index in [0.29, 0.717) is 6.54 Å². The van der Waals surface area contributed by atoms with E-state index in [1.807, 2.05) is 0 Å². The quantitative estimate of drug-likeness (QED) is 0.588. The Labute approximate surface area is 88.0 Å². The van der Waals surface area contributed by atoms with Gasteiger partial charge < -0.3 is 15.5 Å². The van der Waals surface area contributed by atoms with Crippen molar-refractivity contribution in [3.63, 3.8) is 0 Å². The Bertz CT molecular complexity index is 288. The number of hydrogen-bond acceptors (Lipinski definition) is 3. The summed E-state index contributed by atoms with van der Waals surface area (Å²) in [5.74, 6) is -0.870. The van der Waals surface area contributed by atoms with Crippen LogP contribution in [-0.2, 0) is 14.4 Å². The molecule has 0 aliphatic carbocycles. The normalized spacial score (nSPS) is 19.6. The third-order valence-corrected chi connectivity index (χ3v) is 2.26. The van der Waals surface area contributed by atoms with Gasteiger partial charge in [0.05, 0.1) is 12.5 Å². The van der Waals surface area contributed by atoms with Crippen LogP contribution in [0.5, 0.6) is 0 Å². The fraction of sp³-hybridized carbons (Fsp3) is 0.667. The standard InChI is InChI=1S/C9H15N3O3/c1-12(2)8(14)5-11-9(15)6-3-7(13)10-4-6/h6H,3-5H2,1-2H3,(H,10,13)(H,11,15). The van der Waals surface area contributed by atoms with Crippen molar-refractivity contribution in [3.8, 4) is 0 Å². The molecule has 0 aromatic heterocycles. The molecule has 15 heavy (non-hydrogen) atoms. The van der Waals surface area contributed by atoms with Gasteiger partial charge in [-0.2, -0.15) is 0 Å². The number of carbonyl (C=O) groups excluding carboxylic acids is 3. The average molecular weight is 213 g/mol. The molecule has 0 saturated carbocycles. The molecule has 1 fully saturated rings. The maximum atomic E-state index is 11.4. The minimum absolute atomic E-state index is 0.0173. The molecule has 0 aromatic carbocycles. The van der Waals surface area contributed by atoms with E-state index >= 15 is 0 Å². The molecule has 1 atom stereocenters. The maximum absolute atomic E-state index is 11.4. The molecule has 1 rings (SSSR count). The number of nitrogens with one attached hydrogen (secondary N) is 2. The predicted octanol–water partition coefficient (Wildman–Crippen LogP) is -1.67. The molecule has 6 heteroatoms. The lowest BCUT2D eigenvalue weighted by Crippen LogP contribution is -2.39. The Morgan fingerprint density at radius 3 is 2.67 bits per heavy atom. The minimum atomic E-state index is -0.340. The first kappa shape index (κ1) is 11.5. The highest BCUT2D eigenvalue weighted by Crippen LogP contribution is 2.08. The fourth-order valence-corrected chi connectivity index (χ4v) is 1.26. The second-order valence-corrected chi connectivity index (χ2v) is 3.71. The van der Waals surface area contributed by atoms with Crippen molar-refractivity contribution in [2.75, 3.05) is 27.2 Å². The Hall–Kier alpha value is -1.59. The Morgan fingerprint density at radius 2 is 2.20 bits per heavy atom. The summed E-state index contributed by atoms with van der Waals surface area (Å²) in [6.45, 7) is 0.345. The van der Waals surface area contributed by atoms with Crippen molar-refractivity contribution in [3.05, 3.63) is 0 Å². The second kappa shape index (κ2) is 4.77. The van der Waals surface area contributed by atoms with Crippen molar-refractivity contribution in [2.45, 2.75) is 6.42 Å². The fourth-order valence-electron chi connectivity index (χ4n) is 1.26. The predicted molar refractivity (Wildman–Crippen MR) is 52.8 cm³/mol. The minimum Gasteiger partial charge on any atom is -0.355 e. The zero-order valence-electron chi connectivity index (χ0n) is 8.87. The number of amides is 3. The van der Waals surface area contributed by atoms with E-state index in [-0.39, 0.29) is 36.6 Å². The van der Waals surface area contributed by atoms with Crippen molar-refractivity contribution >= 4 is 17.7 Å². The van der Waals surface area contributed by atoms with Crippen LogP contribution in [0, 0.1) is 5.92 Å². The van der Waals surface area contributed by atoms with Crippen molar-refractivity contribution in [1.29, 1.82) is 0 Å². The highest BCUT2D eigenvalue weighted by Gasteiger charge is 2.27. The van der Waals surface area contributed by atoms with Crippen LogP contribution < -0.4 is 10.6 Å². The van der Waals surface area contributed by atoms with Gasteiger partial charge in [0.15, 0.2) is 0 Å². The van der Waals surface area contributed by atoms with E-state index in [1.54, 1.807) is 14.1 Å². The number of hydrogen-bond donors (Lipinski definition) is 2. The van der Waals surface area contributed by atoms with E-state index in [4.69, 9.17) is 0 Å². The van der Waals surface area contributed by atoms with Gasteiger partial charge in [0, 0.05) is 27.1 Å². The molecule has 3 amide bonds. The van der Waals surface area contributed by atoms with Gasteiger partial charge in [-0.3, -0.25) is 14.4 Å². The Kier molecular flexibility index (Phi) is 3.65. The molecule has 0 spiro atoms. The van der Waals surface area contributed by atoms with Gasteiger partial charge in [0.25, 0.3) is 0 Å². The first-order valence-electron chi connectivity index (χ1n) is 4.75. The van der Waals surface area contributed by atoms with Crippen LogP contribution in [-0.4, -0.2) is 49.8 Å². The zero-order chi connectivity index (χ0) is 11.4. The SMILES string of the molecule is CN(C)C(=O)CNC(=O)C1CNC(=O)C1. The molecule has 1 unspecified atom stereocenters. The molecule has 0 radical (unpaired) electrons. The highest BCUT2D eigenvalue weighted by molar-refractivity contribution is 5.91. The molecule has 84 valence electrons. The van der Waals surface area contributed by atoms with Crippen LogP contribution in [0.4, 0.5) is 0 Å². The topological polar surface area (TPSA) is 78.5 Å². The van der Waals surface area contributed by atoms with Crippen LogP contribution in [0.3, 0.4) is 0 Å². The van der Waals surface area contributed by atoms with Crippen LogP contribution in [0.2, 0.25) is 0 Å². The summed E-state index contributed by atoms with van der Waals surface area (Å²) >= 11 is 0. The smallest absolute Gasteiger partial charge is 0.241 e. The van der Waals surface area contributed by atoms with Gasteiger partial charge in [-0.25, -0.2) is 0 Å². The molecule has 2 N–H and O–H groups in total. The van der Waals surface area contributed by atoms with E-state index in [0.717, 1.165) is 0 Å². The molecule has 1 saturated heterocycles. The molecule has 1 heterocycles. The number of nitrogens with zero attached hydrogens (tertiary/aromatic N) is 1. The van der Waals surface area contributed by atoms with Gasteiger partial charge in [0.1, 0.15) is 0 Å². The first-order valence-corrected chi connectivity index (χ1v) is 4.75. The van der Waals surface area contributed by atoms with Gasteiger partial charge in [-0.05, 0) is 0 Å². The number of rotatable bonds is 3. The third-order valence-electron chi connectivity index (χ3n) is 2.26. The summed E-state index contributed by atoms with van der Waals surface area (Å²) in [7, 11) is 3.24. The Morgan fingerprint density at radius 1 is 1.53 bits per heavy atom. The summed E-state index contributed by atoms with van der Waals surface area (Å²) in [5, 5.41) is 5.07. The monoisotopic (exact) mass is 213 g/mol. The summed E-state index contributed by atoms with van der Waals surface area (Å²) in [6, 6.07) is 0. The zero-order valence-corrected chi connectivity index (χ0v) is 8.87. The van der Waals surface area contributed by atoms with Gasteiger partial charge in [-0.1, -0.05) is 0 Å². The third kappa shape index (κ3) is 3.23. The van der Waals surface area contributed by atoms with E-state index in [9.17, 15) is 14.4 Å². The molecule has 1 aliphatic rings. The first-order chi connectivity index (χ1) is 7.00. The van der Waals surface area contributed by atoms with Crippen LogP contribution in [0.15, 0.2) is 0 Å². The summed E-state index contributed by atoms with van der Waals surface area (Å²) in [5.41, 5.74) is 0. The molecule has 0 aromatic rings. The maximum Gasteiger partial charge on any atom is 0.241 e. The van der Waals surface area contributed by atoms with E-state index in [1.165, 1.54) is 4.90 Å². The highest BCUT2D eigenvalue weighted by atomic mass is 16.2. The van der Waals surface area contributed by atoms with Crippen LogP contribution >= 0.6 is 0 Å². The summed E-state index contributed by atoms with van der Waals surface area (Å²) in [4.78, 5) is 34.8. The van der Waals surface area contributed by atoms with Crippen molar-refractivity contribution < 1.29 is 14.4 Å². The molecule has 6 nitrogen and oxygen atoms in total. The lowest BCUT2D eigenvalue weighted by molar-refractivity contribution is -0.132. The van der Waals surface area contributed by atoms with Crippen LogP contribution in [0.25, 0.3) is 0 Å². The number of carbonyl (C=O) groups is 3. The molecule has 0 bridgehead atoms. The summed E-state index contributed by atoms with van der Waals surface area (Å²) in [6.07, 6.45) is 0.210. The van der Waals surface area contributed by atoms with E-state index in [2.05, 4.69) is 10.6 Å². The Balaban J connectivity index is 2.30. The number of likely N-dealkylation sites (N-methyl/N-ethyl adjacent to an activating group) is 1. The van der Waals surface area contributed by atoms with Crippen molar-refractivity contribution in [1.82, 2.24) is 15.5 Å². The van der Waals surface area contributed by atoms with Gasteiger partial charge >= 0.3 is 0 Å². The molecular weight excluding hydrogens is 198 g/mol. The molecule has 1 aliphatic heterocycles. The van der Waals surface area contributed by atoms with Gasteiger partial charge in [0.2, 0.25) is 17.7 Å².